The van der Waals surface area contributed by atoms with Gasteiger partial charge in [0.25, 0.3) is 0 Å². The second kappa shape index (κ2) is 6.64. The second-order valence-corrected chi connectivity index (χ2v) is 9.80. The average molecular weight is 420 g/mol. The first-order valence-corrected chi connectivity index (χ1v) is 10.3. The van der Waals surface area contributed by atoms with Gasteiger partial charge in [-0.1, -0.05) is 0 Å². The van der Waals surface area contributed by atoms with Crippen LogP contribution in [-0.4, -0.2) is 48.8 Å². The van der Waals surface area contributed by atoms with Gasteiger partial charge < -0.3 is 4.74 Å². The summed E-state index contributed by atoms with van der Waals surface area (Å²) in [6, 6.07) is 4.00. The van der Waals surface area contributed by atoms with Gasteiger partial charge in [0.05, 0.1) is 34.9 Å². The summed E-state index contributed by atoms with van der Waals surface area (Å²) in [5.74, 6) is 0. The number of sulfonamides is 1. The van der Waals surface area contributed by atoms with E-state index in [1.807, 2.05) is 19.1 Å². The highest BCUT2D eigenvalue weighted by Crippen LogP contribution is 2.27. The molecule has 3 heterocycles. The van der Waals surface area contributed by atoms with E-state index in [9.17, 15) is 8.42 Å². The molecule has 0 radical (unpaired) electrons. The monoisotopic (exact) mass is 419 g/mol. The van der Waals surface area contributed by atoms with E-state index in [-0.39, 0.29) is 0 Å². The number of hydrogen-bond donors (Lipinski definition) is 0. The van der Waals surface area contributed by atoms with Gasteiger partial charge in [-0.05, 0) is 41.9 Å². The summed E-state index contributed by atoms with van der Waals surface area (Å²) in [6.45, 7) is 5.80. The van der Waals surface area contributed by atoms with Crippen molar-refractivity contribution in [2.75, 3.05) is 26.3 Å². The molecule has 3 rings (SSSR count). The molecule has 23 heavy (non-hydrogen) atoms. The smallest absolute Gasteiger partial charge is 0.246 e. The van der Waals surface area contributed by atoms with Crippen LogP contribution < -0.4 is 0 Å². The third-order valence-corrected chi connectivity index (χ3v) is 7.58. The number of aromatic nitrogens is 2. The zero-order valence-corrected chi connectivity index (χ0v) is 16.2. The van der Waals surface area contributed by atoms with Crippen LogP contribution in [0.2, 0.25) is 0 Å². The SMILES string of the molecule is Cc1nn(Cc2ccc(Br)s2)c(C)c1S(=O)(=O)N1CCOCC1. The Labute approximate surface area is 148 Å². The Morgan fingerprint density at radius 3 is 2.61 bits per heavy atom. The molecule has 6 nitrogen and oxygen atoms in total. The molecular formula is C14H18BrN3O3S2. The molecule has 0 spiro atoms. The van der Waals surface area contributed by atoms with Gasteiger partial charge >= 0.3 is 0 Å². The van der Waals surface area contributed by atoms with Gasteiger partial charge in [-0.25, -0.2) is 8.42 Å². The van der Waals surface area contributed by atoms with E-state index in [4.69, 9.17) is 4.74 Å². The second-order valence-electron chi connectivity index (χ2n) is 5.38. The Bertz CT molecular complexity index is 807. The largest absolute Gasteiger partial charge is 0.379 e. The maximum absolute atomic E-state index is 12.9. The summed E-state index contributed by atoms with van der Waals surface area (Å²) < 4.78 is 35.4. The number of nitrogens with zero attached hydrogens (tertiary/aromatic N) is 3. The van der Waals surface area contributed by atoms with Crippen LogP contribution in [0.5, 0.6) is 0 Å². The lowest BCUT2D eigenvalue weighted by Gasteiger charge is -2.26. The summed E-state index contributed by atoms with van der Waals surface area (Å²) in [6.07, 6.45) is 0. The fourth-order valence-corrected chi connectivity index (χ4v) is 5.95. The maximum Gasteiger partial charge on any atom is 0.246 e. The van der Waals surface area contributed by atoms with Gasteiger partial charge in [0.1, 0.15) is 4.90 Å². The number of aryl methyl sites for hydroxylation is 1. The van der Waals surface area contributed by atoms with Crippen molar-refractivity contribution >= 4 is 37.3 Å². The van der Waals surface area contributed by atoms with Gasteiger partial charge in [0.2, 0.25) is 10.0 Å². The van der Waals surface area contributed by atoms with Crippen molar-refractivity contribution in [2.45, 2.75) is 25.3 Å². The van der Waals surface area contributed by atoms with Crippen LogP contribution in [0.15, 0.2) is 20.8 Å². The van der Waals surface area contributed by atoms with E-state index in [1.165, 1.54) is 4.31 Å². The molecule has 0 saturated carbocycles. The van der Waals surface area contributed by atoms with Crippen molar-refractivity contribution in [3.63, 3.8) is 0 Å². The van der Waals surface area contributed by atoms with E-state index >= 15 is 0 Å². The zero-order valence-electron chi connectivity index (χ0n) is 13.0. The van der Waals surface area contributed by atoms with Crippen LogP contribution in [0.3, 0.4) is 0 Å². The molecule has 1 fully saturated rings. The lowest BCUT2D eigenvalue weighted by molar-refractivity contribution is 0.0730. The lowest BCUT2D eigenvalue weighted by atomic mass is 10.4. The minimum absolute atomic E-state index is 0.329. The highest BCUT2D eigenvalue weighted by Gasteiger charge is 2.32. The fraction of sp³-hybridized carbons (Fsp3) is 0.500. The summed E-state index contributed by atoms with van der Waals surface area (Å²) in [5, 5.41) is 4.45. The average Bonchev–Trinajstić information content (AvgIpc) is 3.04. The Morgan fingerprint density at radius 1 is 1.30 bits per heavy atom. The molecule has 0 N–H and O–H groups in total. The summed E-state index contributed by atoms with van der Waals surface area (Å²) in [4.78, 5) is 1.45. The van der Waals surface area contributed by atoms with Crippen LogP contribution in [-0.2, 0) is 21.3 Å². The Hall–Kier alpha value is -0.740. The first kappa shape index (κ1) is 17.1. The molecular weight excluding hydrogens is 402 g/mol. The Balaban J connectivity index is 1.94. The van der Waals surface area contributed by atoms with Crippen LogP contribution in [0.25, 0.3) is 0 Å². The van der Waals surface area contributed by atoms with Gasteiger partial charge in [-0.3, -0.25) is 4.68 Å². The predicted octanol–water partition coefficient (Wildman–Crippen LogP) is 2.39. The van der Waals surface area contributed by atoms with E-state index in [1.54, 1.807) is 22.9 Å². The topological polar surface area (TPSA) is 64.4 Å². The van der Waals surface area contributed by atoms with E-state index in [0.29, 0.717) is 49.1 Å². The molecule has 0 bridgehead atoms. The highest BCUT2D eigenvalue weighted by molar-refractivity contribution is 9.11. The van der Waals surface area contributed by atoms with Crippen LogP contribution in [0, 0.1) is 13.8 Å². The van der Waals surface area contributed by atoms with Crippen molar-refractivity contribution < 1.29 is 13.2 Å². The first-order valence-electron chi connectivity index (χ1n) is 7.25. The van der Waals surface area contributed by atoms with Gasteiger partial charge in [-0.15, -0.1) is 11.3 Å². The Morgan fingerprint density at radius 2 is 2.00 bits per heavy atom. The molecule has 1 aliphatic rings. The molecule has 0 aliphatic carbocycles. The van der Waals surface area contributed by atoms with E-state index < -0.39 is 10.0 Å². The standard InChI is InChI=1S/C14H18BrN3O3S2/c1-10-14(23(19,20)17-5-7-21-8-6-17)11(2)18(16-10)9-12-3-4-13(15)22-12/h3-4H,5-9H2,1-2H3. The van der Waals surface area contributed by atoms with Crippen LogP contribution in [0.1, 0.15) is 16.3 Å². The number of thiophene rings is 1. The number of morpholine rings is 1. The van der Waals surface area contributed by atoms with Crippen molar-refractivity contribution in [3.8, 4) is 0 Å². The van der Waals surface area contributed by atoms with Crippen molar-refractivity contribution in [1.82, 2.24) is 14.1 Å². The number of hydrogen-bond acceptors (Lipinski definition) is 5. The van der Waals surface area contributed by atoms with E-state index in [0.717, 1.165) is 8.66 Å². The number of halogens is 1. The molecule has 2 aromatic heterocycles. The molecule has 1 aliphatic heterocycles. The molecule has 126 valence electrons. The number of ether oxygens (including phenoxy) is 1. The summed E-state index contributed by atoms with van der Waals surface area (Å²) in [7, 11) is -3.53. The quantitative estimate of drug-likeness (QED) is 0.762. The Kier molecular flexibility index (Phi) is 4.93. The minimum atomic E-state index is -3.53. The summed E-state index contributed by atoms with van der Waals surface area (Å²) in [5.41, 5.74) is 1.23. The predicted molar refractivity (Wildman–Crippen MR) is 92.4 cm³/mol. The molecule has 1 saturated heterocycles. The third kappa shape index (κ3) is 3.39. The van der Waals surface area contributed by atoms with Crippen LogP contribution in [0.4, 0.5) is 0 Å². The third-order valence-electron chi connectivity index (χ3n) is 3.82. The minimum Gasteiger partial charge on any atom is -0.379 e. The lowest BCUT2D eigenvalue weighted by Crippen LogP contribution is -2.41. The zero-order chi connectivity index (χ0) is 16.6. The molecule has 2 aromatic rings. The molecule has 0 atom stereocenters. The molecule has 0 unspecified atom stereocenters. The van der Waals surface area contributed by atoms with Gasteiger partial charge in [0, 0.05) is 18.0 Å². The first-order chi connectivity index (χ1) is 10.9. The van der Waals surface area contributed by atoms with E-state index in [2.05, 4.69) is 21.0 Å². The van der Waals surface area contributed by atoms with Crippen molar-refractivity contribution in [2.24, 2.45) is 0 Å². The number of rotatable bonds is 4. The highest BCUT2D eigenvalue weighted by atomic mass is 79.9. The van der Waals surface area contributed by atoms with Gasteiger partial charge in [-0.2, -0.15) is 9.40 Å². The summed E-state index contributed by atoms with van der Waals surface area (Å²) >= 11 is 5.06. The van der Waals surface area contributed by atoms with Crippen molar-refractivity contribution in [3.05, 3.63) is 32.2 Å². The molecule has 0 aromatic carbocycles. The molecule has 0 amide bonds. The maximum atomic E-state index is 12.9. The molecule has 9 heteroatoms. The normalized spacial score (nSPS) is 16.8. The van der Waals surface area contributed by atoms with Crippen molar-refractivity contribution in [1.29, 1.82) is 0 Å². The van der Waals surface area contributed by atoms with Gasteiger partial charge in [0.15, 0.2) is 0 Å². The fourth-order valence-electron chi connectivity index (χ4n) is 2.71. The van der Waals surface area contributed by atoms with Crippen LogP contribution >= 0.6 is 27.3 Å².